The number of unbranched alkanes of at least 4 members (excludes halogenated alkanes) is 13. The fourth-order valence-corrected chi connectivity index (χ4v) is 6.80. The molecule has 0 amide bonds. The summed E-state index contributed by atoms with van der Waals surface area (Å²) in [6.07, 6.45) is 18.0. The van der Waals surface area contributed by atoms with Gasteiger partial charge in [-0.15, -0.1) is 92.8 Å². The molecule has 0 aliphatic heterocycles. The molecule has 43 heavy (non-hydrogen) atoms. The molecule has 0 aromatic rings. The smallest absolute Gasteiger partial charge is 0.157 e. The average Bonchev–Trinajstić information content (AvgIpc) is 2.97. The Morgan fingerprint density at radius 1 is 0.558 bits per heavy atom. The van der Waals surface area contributed by atoms with Crippen LogP contribution >= 0.6 is 116 Å². The van der Waals surface area contributed by atoms with Gasteiger partial charge in [0, 0.05) is 23.5 Å². The van der Waals surface area contributed by atoms with E-state index in [-0.39, 0.29) is 27.9 Å². The first kappa shape index (κ1) is 47.4. The Bertz CT molecular complexity index is 595. The molecule has 3 nitrogen and oxygen atoms in total. The molecule has 0 aliphatic rings. The molecule has 0 rings (SSSR count). The Balaban J connectivity index is 0. The number of carbonyl (C=O) groups is 1. The Morgan fingerprint density at radius 2 is 0.814 bits per heavy atom. The van der Waals surface area contributed by atoms with Crippen LogP contribution < -0.4 is 5.11 Å². The average molecular weight is 814 g/mol. The highest BCUT2D eigenvalue weighted by Gasteiger charge is 2.36. The van der Waals surface area contributed by atoms with E-state index in [4.69, 9.17) is 116 Å². The van der Waals surface area contributed by atoms with E-state index in [1.54, 1.807) is 0 Å². The second-order valence-electron chi connectivity index (χ2n) is 11.4. The third-order valence-electron chi connectivity index (χ3n) is 7.15. The van der Waals surface area contributed by atoms with Crippen LogP contribution in [0.3, 0.4) is 0 Å². The first-order valence-corrected chi connectivity index (χ1v) is 20.2. The van der Waals surface area contributed by atoms with Gasteiger partial charge in [0.25, 0.3) is 0 Å². The summed E-state index contributed by atoms with van der Waals surface area (Å²) in [5.41, 5.74) is 0. The number of rotatable bonds is 28. The summed E-state index contributed by atoms with van der Waals surface area (Å²) in [6, 6.07) is 0. The van der Waals surface area contributed by atoms with Gasteiger partial charge >= 0.3 is 0 Å². The van der Waals surface area contributed by atoms with Crippen LogP contribution in [0, 0.1) is 0 Å². The molecule has 4 unspecified atom stereocenters. The fourth-order valence-electron chi connectivity index (χ4n) is 4.97. The Labute approximate surface area is 312 Å². The van der Waals surface area contributed by atoms with Gasteiger partial charge in [0.1, 0.15) is 0 Å². The Hall–Kier alpha value is 2.33. The summed E-state index contributed by atoms with van der Waals surface area (Å²) < 4.78 is -1.21. The molecule has 0 saturated carbocycles. The third-order valence-corrected chi connectivity index (χ3v) is 11.1. The zero-order valence-electron chi connectivity index (χ0n) is 25.6. The van der Waals surface area contributed by atoms with Crippen molar-refractivity contribution in [1.82, 2.24) is 0 Å². The van der Waals surface area contributed by atoms with Crippen molar-refractivity contribution in [3.05, 3.63) is 0 Å². The van der Waals surface area contributed by atoms with Gasteiger partial charge in [-0.25, -0.2) is 0 Å². The molecule has 0 aromatic heterocycles. The molecule has 0 aliphatic carbocycles. The Kier molecular flexibility index (Phi) is 33.5. The highest BCUT2D eigenvalue weighted by atomic mass is 35.5. The zero-order chi connectivity index (χ0) is 33.2. The number of carboxylic acid groups (broad SMARTS) is 1. The van der Waals surface area contributed by atoms with Crippen LogP contribution in [0.15, 0.2) is 0 Å². The minimum Gasteiger partial charge on any atom is -0.547 e. The van der Waals surface area contributed by atoms with Gasteiger partial charge in [-0.05, 0) is 6.42 Å². The highest BCUT2D eigenvalue weighted by Crippen LogP contribution is 2.27. The predicted octanol–water partition coefficient (Wildman–Crippen LogP) is 11.0. The van der Waals surface area contributed by atoms with Gasteiger partial charge in [0.15, 0.2) is 4.33 Å². The maximum atomic E-state index is 10.6. The van der Waals surface area contributed by atoms with Gasteiger partial charge in [-0.3, -0.25) is 0 Å². The van der Waals surface area contributed by atoms with Crippen LogP contribution in [-0.4, -0.2) is 86.0 Å². The summed E-state index contributed by atoms with van der Waals surface area (Å²) in [4.78, 5) is 10.6. The number of carboxylic acids is 1. The largest absolute Gasteiger partial charge is 0.547 e. The number of aliphatic carboxylic acids is 1. The number of carbonyl (C=O) groups excluding carboxylic acids is 1. The monoisotopic (exact) mass is 809 g/mol. The second-order valence-corrected chi connectivity index (χ2v) is 16.6. The molecule has 0 aromatic carbocycles. The first-order valence-electron chi connectivity index (χ1n) is 15.6. The lowest BCUT2D eigenvalue weighted by Crippen LogP contribution is -2.60. The fraction of sp³-hybridized carbons (Fsp3) is 0.967. The second kappa shape index (κ2) is 30.4. The normalized spacial score (nSPS) is 16.1. The molecular weight excluding hydrogens is 761 g/mol. The maximum Gasteiger partial charge on any atom is 0.157 e. The van der Waals surface area contributed by atoms with Gasteiger partial charge in [0.05, 0.1) is 53.7 Å². The number of alkyl halides is 10. The Morgan fingerprint density at radius 3 is 1.05 bits per heavy atom. The molecule has 0 fully saturated rings. The molecule has 0 N–H and O–H groups in total. The lowest BCUT2D eigenvalue weighted by atomic mass is 10.0. The highest BCUT2D eigenvalue weighted by molar-refractivity contribution is 6.57. The van der Waals surface area contributed by atoms with E-state index in [1.165, 1.54) is 70.6 Å². The van der Waals surface area contributed by atoms with E-state index in [0.717, 1.165) is 19.3 Å². The van der Waals surface area contributed by atoms with Crippen molar-refractivity contribution in [3.63, 3.8) is 0 Å². The van der Waals surface area contributed by atoms with Crippen LogP contribution in [0.5, 0.6) is 0 Å². The van der Waals surface area contributed by atoms with E-state index in [0.29, 0.717) is 54.2 Å². The maximum absolute atomic E-state index is 10.6. The van der Waals surface area contributed by atoms with Crippen molar-refractivity contribution in [2.45, 2.75) is 129 Å². The molecule has 0 heterocycles. The number of hydrogen-bond acceptors (Lipinski definition) is 2. The summed E-state index contributed by atoms with van der Waals surface area (Å²) >= 11 is 59.7. The van der Waals surface area contributed by atoms with Crippen LogP contribution in [0.2, 0.25) is 0 Å². The number of halogens is 10. The lowest BCUT2D eigenvalue weighted by Gasteiger charge is -2.42. The van der Waals surface area contributed by atoms with Crippen LogP contribution in [0.25, 0.3) is 0 Å². The van der Waals surface area contributed by atoms with Crippen molar-refractivity contribution in [3.8, 4) is 0 Å². The minimum absolute atomic E-state index is 0.218. The van der Waals surface area contributed by atoms with Gasteiger partial charge in [-0.1, -0.05) is 120 Å². The first-order chi connectivity index (χ1) is 20.3. The van der Waals surface area contributed by atoms with Gasteiger partial charge in [-0.2, -0.15) is 0 Å². The van der Waals surface area contributed by atoms with Gasteiger partial charge < -0.3 is 14.4 Å². The standard InChI is InChI=1S/C18H34Cl2O2.C12H20Cl8N/c1-2-3-4-5-6-7-8-9-10-11-12-13-14-15-16-18(19,20)17(21)22;13-1-9(17)5-21(6-10(18)2-14,7-11(19)3-15)8-12(20)4-16/h2-16H2,1H3,(H,21,22);9-12H,1-8H2/q;+1/p-1. The lowest BCUT2D eigenvalue weighted by molar-refractivity contribution is -0.926. The van der Waals surface area contributed by atoms with Crippen LogP contribution in [-0.2, 0) is 4.79 Å². The number of hydrogen-bond donors (Lipinski definition) is 0. The van der Waals surface area contributed by atoms with Crippen LogP contribution in [0.4, 0.5) is 0 Å². The molecule has 0 bridgehead atoms. The summed E-state index contributed by atoms with van der Waals surface area (Å²) in [5.74, 6) is -0.0622. The van der Waals surface area contributed by atoms with E-state index in [2.05, 4.69) is 6.92 Å². The molecule has 0 radical (unpaired) electrons. The number of nitrogens with zero attached hydrogens (tertiary/aromatic N) is 1. The predicted molar refractivity (Wildman–Crippen MR) is 196 cm³/mol. The van der Waals surface area contributed by atoms with Crippen molar-refractivity contribution >= 4 is 122 Å². The topological polar surface area (TPSA) is 40.1 Å². The summed E-state index contributed by atoms with van der Waals surface area (Å²) in [6.45, 7) is 4.61. The molecule has 0 spiro atoms. The van der Waals surface area contributed by atoms with E-state index in [1.807, 2.05) is 0 Å². The SMILES string of the molecule is CCCCCCCCCCCCCCCCC(Cl)(Cl)C(=O)[O-].ClCC(Cl)C[N+](CC(Cl)CCl)(CC(Cl)CCl)CC(Cl)CCl. The quantitative estimate of drug-likeness (QED) is 0.0448. The van der Waals surface area contributed by atoms with Crippen molar-refractivity contribution < 1.29 is 14.4 Å². The van der Waals surface area contributed by atoms with Crippen molar-refractivity contribution in [2.75, 3.05) is 49.7 Å². The summed E-state index contributed by atoms with van der Waals surface area (Å²) in [5, 5.41) is 9.74. The molecular formula is C30H53Cl10NO2. The van der Waals surface area contributed by atoms with E-state index >= 15 is 0 Å². The van der Waals surface area contributed by atoms with Crippen molar-refractivity contribution in [2.24, 2.45) is 0 Å². The molecule has 4 atom stereocenters. The number of quaternary nitrogens is 1. The molecule has 0 saturated heterocycles. The minimum atomic E-state index is -1.71. The van der Waals surface area contributed by atoms with Gasteiger partial charge in [0.2, 0.25) is 0 Å². The molecule has 13 heteroatoms. The van der Waals surface area contributed by atoms with E-state index < -0.39 is 10.3 Å². The van der Waals surface area contributed by atoms with Crippen molar-refractivity contribution in [1.29, 1.82) is 0 Å². The summed E-state index contributed by atoms with van der Waals surface area (Å²) in [7, 11) is 0. The van der Waals surface area contributed by atoms with E-state index in [9.17, 15) is 9.90 Å². The molecule has 260 valence electrons. The van der Waals surface area contributed by atoms with Crippen LogP contribution in [0.1, 0.15) is 103 Å². The zero-order valence-corrected chi connectivity index (χ0v) is 33.2. The third kappa shape index (κ3) is 27.9.